The second-order valence-corrected chi connectivity index (χ2v) is 5.25. The van der Waals surface area contributed by atoms with Gasteiger partial charge in [-0.15, -0.1) is 0 Å². The van der Waals surface area contributed by atoms with E-state index in [4.69, 9.17) is 4.74 Å². The number of ether oxygens (including phenoxy) is 1. The minimum atomic E-state index is 0.147. The lowest BCUT2D eigenvalue weighted by Crippen LogP contribution is -2.25. The van der Waals surface area contributed by atoms with Crippen molar-refractivity contribution >= 4 is 5.91 Å². The summed E-state index contributed by atoms with van der Waals surface area (Å²) < 4.78 is 5.12. The highest BCUT2D eigenvalue weighted by atomic mass is 16.5. The number of aliphatic hydroxyl groups excluding tert-OH is 1. The third kappa shape index (κ3) is 3.26. The molecule has 1 fully saturated rings. The van der Waals surface area contributed by atoms with Crippen LogP contribution in [0.25, 0.3) is 0 Å². The molecule has 0 spiro atoms. The summed E-state index contributed by atoms with van der Waals surface area (Å²) >= 11 is 0. The maximum atomic E-state index is 12.0. The predicted molar refractivity (Wildman–Crippen MR) is 72.8 cm³/mol. The first kappa shape index (κ1) is 13.9. The molecule has 2 atom stereocenters. The Bertz CT molecular complexity index is 430. The van der Waals surface area contributed by atoms with Crippen LogP contribution in [0.1, 0.15) is 18.9 Å². The number of hydrogen-bond donors (Lipinski definition) is 1. The standard InChI is InChI=1S/C15H21NO3/c1-11(10-17)13-7-15(18)16(9-13)8-12-3-5-14(19-2)6-4-12/h3-6,11,13,17H,7-10H2,1-2H3/t11-,13-/m0/s1. The number of aliphatic hydroxyl groups is 1. The number of methoxy groups -OCH3 is 1. The second-order valence-electron chi connectivity index (χ2n) is 5.25. The number of nitrogens with zero attached hydrogens (tertiary/aromatic N) is 1. The van der Waals surface area contributed by atoms with Crippen molar-refractivity contribution in [2.24, 2.45) is 11.8 Å². The van der Waals surface area contributed by atoms with Crippen molar-refractivity contribution in [1.82, 2.24) is 4.90 Å². The summed E-state index contributed by atoms with van der Waals surface area (Å²) in [5, 5.41) is 9.17. The van der Waals surface area contributed by atoms with Gasteiger partial charge in [0.05, 0.1) is 7.11 Å². The van der Waals surface area contributed by atoms with Gasteiger partial charge in [0.25, 0.3) is 0 Å². The lowest BCUT2D eigenvalue weighted by Gasteiger charge is -2.19. The van der Waals surface area contributed by atoms with Crippen LogP contribution in [-0.2, 0) is 11.3 Å². The van der Waals surface area contributed by atoms with Crippen molar-refractivity contribution in [1.29, 1.82) is 0 Å². The second kappa shape index (κ2) is 6.06. The lowest BCUT2D eigenvalue weighted by atomic mass is 9.94. The van der Waals surface area contributed by atoms with Crippen molar-refractivity contribution in [3.8, 4) is 5.75 Å². The molecule has 1 aromatic carbocycles. The molecule has 1 amide bonds. The molecule has 0 aromatic heterocycles. The van der Waals surface area contributed by atoms with Gasteiger partial charge >= 0.3 is 0 Å². The molecule has 104 valence electrons. The zero-order valence-corrected chi connectivity index (χ0v) is 11.5. The zero-order chi connectivity index (χ0) is 13.8. The summed E-state index contributed by atoms with van der Waals surface area (Å²) in [7, 11) is 1.64. The fourth-order valence-electron chi connectivity index (χ4n) is 2.44. The van der Waals surface area contributed by atoms with Crippen LogP contribution in [0.2, 0.25) is 0 Å². The van der Waals surface area contributed by atoms with Crippen LogP contribution >= 0.6 is 0 Å². The summed E-state index contributed by atoms with van der Waals surface area (Å²) in [6.45, 7) is 3.52. The highest BCUT2D eigenvalue weighted by Crippen LogP contribution is 2.26. The van der Waals surface area contributed by atoms with E-state index in [1.165, 1.54) is 0 Å². The number of benzene rings is 1. The van der Waals surface area contributed by atoms with Gasteiger partial charge in [-0.1, -0.05) is 19.1 Å². The van der Waals surface area contributed by atoms with E-state index >= 15 is 0 Å². The normalized spacial score (nSPS) is 20.7. The molecule has 0 unspecified atom stereocenters. The maximum absolute atomic E-state index is 12.0. The Morgan fingerprint density at radius 2 is 2.11 bits per heavy atom. The van der Waals surface area contributed by atoms with Gasteiger partial charge in [-0.2, -0.15) is 0 Å². The van der Waals surface area contributed by atoms with E-state index in [0.29, 0.717) is 13.0 Å². The van der Waals surface area contributed by atoms with E-state index in [-0.39, 0.29) is 24.3 Å². The first-order valence-electron chi connectivity index (χ1n) is 6.65. The average Bonchev–Trinajstić information content (AvgIpc) is 2.80. The summed E-state index contributed by atoms with van der Waals surface area (Å²) in [6.07, 6.45) is 0.553. The van der Waals surface area contributed by atoms with Crippen LogP contribution in [0.4, 0.5) is 0 Å². The Morgan fingerprint density at radius 1 is 1.42 bits per heavy atom. The molecule has 1 heterocycles. The Hall–Kier alpha value is -1.55. The number of carbonyl (C=O) groups is 1. The number of likely N-dealkylation sites (tertiary alicyclic amines) is 1. The van der Waals surface area contributed by atoms with Crippen molar-refractivity contribution in [3.63, 3.8) is 0 Å². The molecular formula is C15H21NO3. The molecule has 1 saturated heterocycles. The first-order chi connectivity index (χ1) is 9.13. The Kier molecular flexibility index (Phi) is 4.43. The van der Waals surface area contributed by atoms with Gasteiger partial charge in [0, 0.05) is 26.1 Å². The van der Waals surface area contributed by atoms with Crippen molar-refractivity contribution in [3.05, 3.63) is 29.8 Å². The van der Waals surface area contributed by atoms with Gasteiger partial charge in [-0.05, 0) is 29.5 Å². The molecule has 0 bridgehead atoms. The van der Waals surface area contributed by atoms with Crippen molar-refractivity contribution < 1.29 is 14.6 Å². The van der Waals surface area contributed by atoms with Crippen LogP contribution < -0.4 is 4.74 Å². The summed E-state index contributed by atoms with van der Waals surface area (Å²) in [6, 6.07) is 7.78. The van der Waals surface area contributed by atoms with Gasteiger partial charge in [-0.25, -0.2) is 0 Å². The molecule has 1 N–H and O–H groups in total. The fraction of sp³-hybridized carbons (Fsp3) is 0.533. The Balaban J connectivity index is 1.97. The third-order valence-electron chi connectivity index (χ3n) is 3.87. The quantitative estimate of drug-likeness (QED) is 0.879. The van der Waals surface area contributed by atoms with Crippen LogP contribution in [-0.4, -0.2) is 36.2 Å². The molecular weight excluding hydrogens is 242 g/mol. The van der Waals surface area contributed by atoms with Gasteiger partial charge in [0.2, 0.25) is 5.91 Å². The summed E-state index contributed by atoms with van der Waals surface area (Å²) in [5.41, 5.74) is 1.10. The molecule has 1 aromatic rings. The number of rotatable bonds is 5. The summed E-state index contributed by atoms with van der Waals surface area (Å²) in [4.78, 5) is 13.8. The fourth-order valence-corrected chi connectivity index (χ4v) is 2.44. The topological polar surface area (TPSA) is 49.8 Å². The molecule has 4 heteroatoms. The monoisotopic (exact) mass is 263 g/mol. The van der Waals surface area contributed by atoms with Crippen LogP contribution in [0.15, 0.2) is 24.3 Å². The Labute approximate surface area is 114 Å². The first-order valence-corrected chi connectivity index (χ1v) is 6.65. The molecule has 0 aliphatic carbocycles. The molecule has 0 radical (unpaired) electrons. The largest absolute Gasteiger partial charge is 0.497 e. The van der Waals surface area contributed by atoms with Gasteiger partial charge in [0.1, 0.15) is 5.75 Å². The van der Waals surface area contributed by atoms with E-state index in [1.54, 1.807) is 7.11 Å². The van der Waals surface area contributed by atoms with Gasteiger partial charge in [0.15, 0.2) is 0 Å². The van der Waals surface area contributed by atoms with Crippen LogP contribution in [0.5, 0.6) is 5.75 Å². The van der Waals surface area contributed by atoms with E-state index in [0.717, 1.165) is 17.9 Å². The molecule has 4 nitrogen and oxygen atoms in total. The predicted octanol–water partition coefficient (Wildman–Crippen LogP) is 1.67. The number of carbonyl (C=O) groups excluding carboxylic acids is 1. The molecule has 19 heavy (non-hydrogen) atoms. The lowest BCUT2D eigenvalue weighted by molar-refractivity contribution is -0.128. The zero-order valence-electron chi connectivity index (χ0n) is 11.5. The Morgan fingerprint density at radius 3 is 2.68 bits per heavy atom. The van der Waals surface area contributed by atoms with Crippen molar-refractivity contribution in [2.45, 2.75) is 19.9 Å². The number of amides is 1. The van der Waals surface area contributed by atoms with Gasteiger partial charge < -0.3 is 14.7 Å². The maximum Gasteiger partial charge on any atom is 0.223 e. The van der Waals surface area contributed by atoms with Crippen LogP contribution in [0.3, 0.4) is 0 Å². The SMILES string of the molecule is COc1ccc(CN2C[C@@H]([C@@H](C)CO)CC2=O)cc1. The molecule has 1 aliphatic rings. The molecule has 0 saturated carbocycles. The van der Waals surface area contributed by atoms with Gasteiger partial charge in [-0.3, -0.25) is 4.79 Å². The third-order valence-corrected chi connectivity index (χ3v) is 3.87. The van der Waals surface area contributed by atoms with Crippen LogP contribution in [0, 0.1) is 11.8 Å². The van der Waals surface area contributed by atoms with E-state index in [1.807, 2.05) is 36.1 Å². The highest BCUT2D eigenvalue weighted by Gasteiger charge is 2.32. The smallest absolute Gasteiger partial charge is 0.223 e. The van der Waals surface area contributed by atoms with E-state index in [2.05, 4.69) is 0 Å². The van der Waals surface area contributed by atoms with E-state index < -0.39 is 0 Å². The molecule has 1 aliphatic heterocycles. The minimum absolute atomic E-state index is 0.147. The summed E-state index contributed by atoms with van der Waals surface area (Å²) in [5.74, 6) is 1.46. The molecule has 2 rings (SSSR count). The average molecular weight is 263 g/mol. The van der Waals surface area contributed by atoms with Crippen molar-refractivity contribution in [2.75, 3.05) is 20.3 Å². The number of hydrogen-bond acceptors (Lipinski definition) is 3. The van der Waals surface area contributed by atoms with E-state index in [9.17, 15) is 9.90 Å². The minimum Gasteiger partial charge on any atom is -0.497 e. The highest BCUT2D eigenvalue weighted by molar-refractivity contribution is 5.78.